The van der Waals surface area contributed by atoms with Gasteiger partial charge < -0.3 is 16.9 Å². The number of aryl methyl sites for hydroxylation is 1. The number of carbonyl (C=O) groups is 3. The number of nitrogens with two attached hydrogens (primary N) is 2. The first-order valence-corrected chi connectivity index (χ1v) is 11.6. The molecule has 2 heterocycles. The lowest BCUT2D eigenvalue weighted by atomic mass is 10.1. The number of nitrogens with zero attached hydrogens (tertiary/aromatic N) is 3. The number of amidine groups is 1. The summed E-state index contributed by atoms with van der Waals surface area (Å²) >= 11 is 1.13. The lowest BCUT2D eigenvalue weighted by molar-refractivity contribution is -0.126. The Kier molecular flexibility index (Phi) is 10.4. The number of hydrogen-bond acceptors (Lipinski definition) is 7. The van der Waals surface area contributed by atoms with E-state index in [1.165, 1.54) is 10.5 Å². The molecule has 1 unspecified atom stereocenters. The van der Waals surface area contributed by atoms with E-state index in [4.69, 9.17) is 11.6 Å². The molecule has 10 heteroatoms. The van der Waals surface area contributed by atoms with Gasteiger partial charge in [-0.1, -0.05) is 38.1 Å². The van der Waals surface area contributed by atoms with Gasteiger partial charge in [-0.25, -0.2) is 0 Å². The standard InChI is InChI=1S/C15H20N2O2S.C8H10N4O/c1-3-5-8-17-14(18)13(20-15(17)19)9-12-7-6-11(4-2)10-16-12;9-8(12-10)6-1-3-7(4-2-6)11-5-13/h6-7,10,13H,3-5,8-9H2,1-2H3;1-5H,10H2,(H2,9,12)(H,11,13). The Morgan fingerprint density at radius 2 is 1.94 bits per heavy atom. The molecule has 1 saturated heterocycles. The maximum absolute atomic E-state index is 12.2. The van der Waals surface area contributed by atoms with Gasteiger partial charge in [-0.05, 0) is 48.7 Å². The zero-order valence-electron chi connectivity index (χ0n) is 18.9. The van der Waals surface area contributed by atoms with E-state index in [0.29, 0.717) is 25.1 Å². The largest absolute Gasteiger partial charge is 0.382 e. The first-order chi connectivity index (χ1) is 15.9. The SMILES string of the molecule is CCCCN1C(=O)SC(Cc2ccc(CC)cn2)C1=O.N/N=C(\N)c1ccc(NC=O)cc1. The second kappa shape index (κ2) is 13.2. The topological polar surface area (TPSA) is 144 Å². The van der Waals surface area contributed by atoms with E-state index in [1.807, 2.05) is 18.3 Å². The summed E-state index contributed by atoms with van der Waals surface area (Å²) in [5, 5.41) is 5.42. The molecular weight excluding hydrogens is 440 g/mol. The Morgan fingerprint density at radius 3 is 2.48 bits per heavy atom. The predicted molar refractivity (Wildman–Crippen MR) is 132 cm³/mol. The summed E-state index contributed by atoms with van der Waals surface area (Å²) in [6, 6.07) is 10.8. The van der Waals surface area contributed by atoms with Crippen molar-refractivity contribution in [2.24, 2.45) is 16.7 Å². The highest BCUT2D eigenvalue weighted by Gasteiger charge is 2.39. The van der Waals surface area contributed by atoms with Gasteiger partial charge in [-0.15, -0.1) is 0 Å². The number of unbranched alkanes of at least 4 members (excludes halogenated alkanes) is 1. The fourth-order valence-corrected chi connectivity index (χ4v) is 4.03. The van der Waals surface area contributed by atoms with Crippen LogP contribution >= 0.6 is 11.8 Å². The highest BCUT2D eigenvalue weighted by atomic mass is 32.2. The molecule has 176 valence electrons. The van der Waals surface area contributed by atoms with Gasteiger partial charge in [0.15, 0.2) is 0 Å². The number of thioether (sulfide) groups is 1. The highest BCUT2D eigenvalue weighted by Crippen LogP contribution is 2.29. The Balaban J connectivity index is 0.000000257. The molecule has 0 spiro atoms. The van der Waals surface area contributed by atoms with Crippen molar-refractivity contribution < 1.29 is 14.4 Å². The Hall–Kier alpha value is -3.40. The van der Waals surface area contributed by atoms with E-state index < -0.39 is 0 Å². The number of rotatable bonds is 9. The van der Waals surface area contributed by atoms with Gasteiger partial charge in [0.05, 0.1) is 5.25 Å². The molecule has 1 fully saturated rings. The second-order valence-corrected chi connectivity index (χ2v) is 8.44. The van der Waals surface area contributed by atoms with Crippen molar-refractivity contribution in [2.45, 2.75) is 44.8 Å². The van der Waals surface area contributed by atoms with Gasteiger partial charge in [0.2, 0.25) is 12.3 Å². The first kappa shape index (κ1) is 25.9. The molecule has 0 aliphatic carbocycles. The van der Waals surface area contributed by atoms with E-state index in [2.05, 4.69) is 29.2 Å². The van der Waals surface area contributed by atoms with E-state index in [0.717, 1.165) is 42.3 Å². The van der Waals surface area contributed by atoms with Crippen molar-refractivity contribution in [1.82, 2.24) is 9.88 Å². The summed E-state index contributed by atoms with van der Waals surface area (Å²) < 4.78 is 0. The van der Waals surface area contributed by atoms with E-state index >= 15 is 0 Å². The van der Waals surface area contributed by atoms with Gasteiger partial charge in [-0.3, -0.25) is 24.3 Å². The van der Waals surface area contributed by atoms with Crippen LogP contribution in [-0.2, 0) is 22.4 Å². The number of anilines is 1. The van der Waals surface area contributed by atoms with Crippen LogP contribution in [-0.4, -0.2) is 45.1 Å². The lowest BCUT2D eigenvalue weighted by Gasteiger charge is -2.12. The maximum atomic E-state index is 12.2. The number of aromatic nitrogens is 1. The third-order valence-corrected chi connectivity index (χ3v) is 6.05. The number of benzene rings is 1. The molecule has 3 rings (SSSR count). The molecule has 0 bridgehead atoms. The van der Waals surface area contributed by atoms with Crippen LogP contribution < -0.4 is 16.9 Å². The average Bonchev–Trinajstić information content (AvgIpc) is 3.10. The summed E-state index contributed by atoms with van der Waals surface area (Å²) in [7, 11) is 0. The van der Waals surface area contributed by atoms with Crippen molar-refractivity contribution in [2.75, 3.05) is 11.9 Å². The normalized spacial score (nSPS) is 15.8. The minimum Gasteiger partial charge on any atom is -0.382 e. The van der Waals surface area contributed by atoms with Crippen molar-refractivity contribution in [3.8, 4) is 0 Å². The van der Waals surface area contributed by atoms with Crippen molar-refractivity contribution in [3.63, 3.8) is 0 Å². The molecule has 1 aromatic carbocycles. The predicted octanol–water partition coefficient (Wildman–Crippen LogP) is 2.88. The van der Waals surface area contributed by atoms with Crippen LogP contribution in [0.1, 0.15) is 43.5 Å². The third-order valence-electron chi connectivity index (χ3n) is 4.97. The highest BCUT2D eigenvalue weighted by molar-refractivity contribution is 8.15. The van der Waals surface area contributed by atoms with E-state index in [9.17, 15) is 14.4 Å². The number of pyridine rings is 1. The summed E-state index contributed by atoms with van der Waals surface area (Å²) in [5.41, 5.74) is 8.93. The minimum atomic E-state index is -0.306. The van der Waals surface area contributed by atoms with Crippen LogP contribution in [0.3, 0.4) is 0 Å². The number of nitrogens with one attached hydrogen (secondary N) is 1. The van der Waals surface area contributed by atoms with Gasteiger partial charge in [0.1, 0.15) is 5.84 Å². The van der Waals surface area contributed by atoms with Gasteiger partial charge in [0, 0.05) is 36.1 Å². The Labute approximate surface area is 198 Å². The molecule has 3 amide bonds. The van der Waals surface area contributed by atoms with Crippen molar-refractivity contribution in [3.05, 3.63) is 59.4 Å². The molecule has 1 aromatic heterocycles. The van der Waals surface area contributed by atoms with Crippen molar-refractivity contribution in [1.29, 1.82) is 0 Å². The van der Waals surface area contributed by atoms with Crippen LogP contribution in [0.5, 0.6) is 0 Å². The fraction of sp³-hybridized carbons (Fsp3) is 0.348. The molecule has 1 aliphatic rings. The molecule has 33 heavy (non-hydrogen) atoms. The Morgan fingerprint density at radius 1 is 1.21 bits per heavy atom. The van der Waals surface area contributed by atoms with Gasteiger partial charge in [-0.2, -0.15) is 5.10 Å². The average molecular weight is 471 g/mol. The maximum Gasteiger partial charge on any atom is 0.289 e. The summed E-state index contributed by atoms with van der Waals surface area (Å²) in [4.78, 5) is 39.9. The first-order valence-electron chi connectivity index (χ1n) is 10.7. The second-order valence-electron chi connectivity index (χ2n) is 7.29. The van der Waals surface area contributed by atoms with E-state index in [1.54, 1.807) is 24.3 Å². The molecule has 2 aromatic rings. The molecular formula is C23H30N6O3S. The van der Waals surface area contributed by atoms with Crippen LogP contribution in [0.2, 0.25) is 0 Å². The Bertz CT molecular complexity index is 963. The molecule has 1 aliphatic heterocycles. The summed E-state index contributed by atoms with van der Waals surface area (Å²) in [6.45, 7) is 4.67. The van der Waals surface area contributed by atoms with Crippen molar-refractivity contribution >= 4 is 40.8 Å². The third kappa shape index (κ3) is 7.60. The number of hydrazone groups is 1. The molecule has 5 N–H and O–H groups in total. The number of carbonyl (C=O) groups excluding carboxylic acids is 3. The minimum absolute atomic E-state index is 0.0604. The smallest absolute Gasteiger partial charge is 0.289 e. The van der Waals surface area contributed by atoms with Crippen LogP contribution in [0.4, 0.5) is 10.5 Å². The molecule has 0 radical (unpaired) electrons. The molecule has 0 saturated carbocycles. The van der Waals surface area contributed by atoms with Gasteiger partial charge >= 0.3 is 0 Å². The number of hydrogen-bond donors (Lipinski definition) is 3. The zero-order chi connectivity index (χ0) is 24.2. The number of amides is 3. The summed E-state index contributed by atoms with van der Waals surface area (Å²) in [5.74, 6) is 5.19. The quantitative estimate of drug-likeness (QED) is 0.168. The lowest BCUT2D eigenvalue weighted by Crippen LogP contribution is -2.33. The monoisotopic (exact) mass is 470 g/mol. The summed E-state index contributed by atoms with van der Waals surface area (Å²) in [6.07, 6.45) is 5.78. The van der Waals surface area contributed by atoms with Gasteiger partial charge in [0.25, 0.3) is 5.24 Å². The van der Waals surface area contributed by atoms with Crippen LogP contribution in [0.25, 0.3) is 0 Å². The zero-order valence-corrected chi connectivity index (χ0v) is 19.7. The van der Waals surface area contributed by atoms with E-state index in [-0.39, 0.29) is 22.2 Å². The van der Waals surface area contributed by atoms with Crippen LogP contribution in [0.15, 0.2) is 47.7 Å². The molecule has 1 atom stereocenters. The molecule has 9 nitrogen and oxygen atoms in total. The fourth-order valence-electron chi connectivity index (χ4n) is 3.00. The van der Waals surface area contributed by atoms with Crippen LogP contribution in [0, 0.1) is 0 Å². The number of imide groups is 1.